The topological polar surface area (TPSA) is 46.2 Å². The zero-order valence-corrected chi connectivity index (χ0v) is 19.1. The normalized spacial score (nSPS) is 49.5. The lowest BCUT2D eigenvalue weighted by molar-refractivity contribution is -0.154. The molecule has 1 saturated heterocycles. The Balaban J connectivity index is 1.34. The van der Waals surface area contributed by atoms with Crippen LogP contribution in [0, 0.1) is 52.3 Å². The van der Waals surface area contributed by atoms with Gasteiger partial charge in [-0.1, -0.05) is 26.0 Å². The molecule has 1 heterocycles. The molecular weight excluding hydrogens is 370 g/mol. The molecular formula is C27H41NO2. The molecule has 1 N–H and O–H groups in total. The fourth-order valence-electron chi connectivity index (χ4n) is 8.80. The van der Waals surface area contributed by atoms with Gasteiger partial charge in [0.15, 0.2) is 0 Å². The van der Waals surface area contributed by atoms with Gasteiger partial charge in [0, 0.05) is 17.8 Å². The van der Waals surface area contributed by atoms with Gasteiger partial charge in [0.2, 0.25) is 0 Å². The molecule has 0 aromatic carbocycles. The number of piperidine rings is 1. The largest absolute Gasteiger partial charge is 0.317 e. The van der Waals surface area contributed by atoms with Crippen molar-refractivity contribution in [3.8, 4) is 0 Å². The van der Waals surface area contributed by atoms with E-state index in [0.29, 0.717) is 40.8 Å². The predicted octanol–water partition coefficient (Wildman–Crippen LogP) is 5.20. The molecule has 3 heteroatoms. The maximum atomic E-state index is 12.7. The molecule has 0 radical (unpaired) electrons. The molecule has 4 saturated carbocycles. The molecule has 8 atom stereocenters. The van der Waals surface area contributed by atoms with E-state index in [1.165, 1.54) is 38.4 Å². The van der Waals surface area contributed by atoms with Crippen LogP contribution in [0.15, 0.2) is 12.2 Å². The first kappa shape index (κ1) is 20.9. The standard InChI is InChI=1S/C27H41NO2/c1-26-11-7-19(4-3-18-9-13-28-14-10-18)15-21(26)16-20(17-29)25-22-5-6-24(30)27(22,2)12-8-23(25)26/h3-4,17-23,25,28H,5-16H2,1-2H3/t19-,20?,21?,22+,23+,25+,26+,27+/m1/s1. The summed E-state index contributed by atoms with van der Waals surface area (Å²) in [4.78, 5) is 25.0. The average Bonchev–Trinajstić information content (AvgIpc) is 3.07. The smallest absolute Gasteiger partial charge is 0.139 e. The van der Waals surface area contributed by atoms with Gasteiger partial charge in [-0.05, 0) is 112 Å². The van der Waals surface area contributed by atoms with E-state index in [-0.39, 0.29) is 11.3 Å². The first-order chi connectivity index (χ1) is 14.5. The highest BCUT2D eigenvalue weighted by Crippen LogP contribution is 2.67. The Bertz CT molecular complexity index is 710. The lowest BCUT2D eigenvalue weighted by Gasteiger charge is -2.61. The van der Waals surface area contributed by atoms with Crippen LogP contribution in [0.25, 0.3) is 0 Å². The van der Waals surface area contributed by atoms with Gasteiger partial charge in [-0.2, -0.15) is 0 Å². The molecule has 166 valence electrons. The zero-order valence-electron chi connectivity index (χ0n) is 19.1. The van der Waals surface area contributed by atoms with E-state index in [9.17, 15) is 9.59 Å². The summed E-state index contributed by atoms with van der Waals surface area (Å²) in [6.07, 6.45) is 17.9. The molecule has 5 aliphatic rings. The van der Waals surface area contributed by atoms with E-state index in [1.54, 1.807) is 0 Å². The summed E-state index contributed by atoms with van der Waals surface area (Å²) in [6.45, 7) is 7.10. The lowest BCUT2D eigenvalue weighted by Crippen LogP contribution is -2.56. The molecule has 3 nitrogen and oxygen atoms in total. The van der Waals surface area contributed by atoms with Crippen LogP contribution in [0.5, 0.6) is 0 Å². The van der Waals surface area contributed by atoms with Crippen LogP contribution in [-0.2, 0) is 9.59 Å². The van der Waals surface area contributed by atoms with E-state index in [1.807, 2.05) is 0 Å². The zero-order chi connectivity index (χ0) is 20.9. The number of aldehydes is 1. The summed E-state index contributed by atoms with van der Waals surface area (Å²) >= 11 is 0. The van der Waals surface area contributed by atoms with E-state index in [4.69, 9.17) is 0 Å². The SMILES string of the molecule is C[C@]12CC[C@@H](C=CC3CCNCC3)CC1CC(C=O)[C@@H]1[C@@H]2CC[C@]2(C)C(=O)CC[C@@H]12. The molecule has 30 heavy (non-hydrogen) atoms. The minimum absolute atomic E-state index is 0.138. The number of Topliss-reactive ketones (excluding diaryl/α,β-unsaturated/α-hetero) is 1. The monoisotopic (exact) mass is 411 g/mol. The number of allylic oxidation sites excluding steroid dienone is 2. The van der Waals surface area contributed by atoms with Crippen molar-refractivity contribution in [2.75, 3.05) is 13.1 Å². The summed E-state index contributed by atoms with van der Waals surface area (Å²) in [6, 6.07) is 0. The first-order valence-electron chi connectivity index (χ1n) is 12.8. The van der Waals surface area contributed by atoms with Gasteiger partial charge in [-0.15, -0.1) is 0 Å². The molecule has 1 aliphatic heterocycles. The minimum atomic E-state index is -0.138. The van der Waals surface area contributed by atoms with E-state index in [2.05, 4.69) is 31.3 Å². The highest BCUT2D eigenvalue weighted by atomic mass is 16.1. The Kier molecular flexibility index (Phi) is 5.49. The van der Waals surface area contributed by atoms with Gasteiger partial charge in [0.05, 0.1) is 0 Å². The molecule has 0 amide bonds. The number of hydrogen-bond acceptors (Lipinski definition) is 3. The maximum Gasteiger partial charge on any atom is 0.139 e. The van der Waals surface area contributed by atoms with Crippen molar-refractivity contribution < 1.29 is 9.59 Å². The molecule has 5 rings (SSSR count). The second-order valence-corrected chi connectivity index (χ2v) is 12.0. The number of carbonyl (C=O) groups excluding carboxylic acids is 2. The van der Waals surface area contributed by atoms with Gasteiger partial charge in [0.1, 0.15) is 12.1 Å². The summed E-state index contributed by atoms with van der Waals surface area (Å²) in [5.41, 5.74) is 0.233. The Hall–Kier alpha value is -0.960. The molecule has 0 aromatic heterocycles. The Morgan fingerprint density at radius 2 is 1.67 bits per heavy atom. The number of carbonyl (C=O) groups is 2. The van der Waals surface area contributed by atoms with Crippen LogP contribution in [0.2, 0.25) is 0 Å². The molecule has 5 fully saturated rings. The fraction of sp³-hybridized carbons (Fsp3) is 0.852. The number of rotatable bonds is 3. The number of fused-ring (bicyclic) bond motifs is 5. The van der Waals surface area contributed by atoms with Crippen molar-refractivity contribution in [3.63, 3.8) is 0 Å². The predicted molar refractivity (Wildman–Crippen MR) is 120 cm³/mol. The van der Waals surface area contributed by atoms with Crippen LogP contribution in [0.4, 0.5) is 0 Å². The third-order valence-corrected chi connectivity index (χ3v) is 10.7. The number of hydrogen-bond donors (Lipinski definition) is 1. The van der Waals surface area contributed by atoms with Crippen molar-refractivity contribution in [2.24, 2.45) is 52.3 Å². The fourth-order valence-corrected chi connectivity index (χ4v) is 8.80. The molecule has 0 aromatic rings. The summed E-state index contributed by atoms with van der Waals surface area (Å²) in [5, 5.41) is 3.47. The lowest BCUT2D eigenvalue weighted by atomic mass is 9.42. The van der Waals surface area contributed by atoms with Crippen molar-refractivity contribution in [1.29, 1.82) is 0 Å². The number of ketones is 1. The van der Waals surface area contributed by atoms with Gasteiger partial charge in [-0.3, -0.25) is 4.79 Å². The second kappa shape index (κ2) is 7.87. The van der Waals surface area contributed by atoms with Crippen LogP contribution in [0.3, 0.4) is 0 Å². The highest BCUT2D eigenvalue weighted by molar-refractivity contribution is 5.87. The van der Waals surface area contributed by atoms with Crippen molar-refractivity contribution >= 4 is 12.1 Å². The third-order valence-electron chi connectivity index (χ3n) is 10.7. The van der Waals surface area contributed by atoms with Crippen molar-refractivity contribution in [1.82, 2.24) is 5.32 Å². The second-order valence-electron chi connectivity index (χ2n) is 12.0. The molecule has 2 unspecified atom stereocenters. The average molecular weight is 412 g/mol. The summed E-state index contributed by atoms with van der Waals surface area (Å²) < 4.78 is 0. The minimum Gasteiger partial charge on any atom is -0.317 e. The van der Waals surface area contributed by atoms with Gasteiger partial charge >= 0.3 is 0 Å². The van der Waals surface area contributed by atoms with Gasteiger partial charge < -0.3 is 10.1 Å². The summed E-state index contributed by atoms with van der Waals surface area (Å²) in [5.74, 6) is 4.34. The van der Waals surface area contributed by atoms with Gasteiger partial charge in [0.25, 0.3) is 0 Å². The van der Waals surface area contributed by atoms with Crippen LogP contribution >= 0.6 is 0 Å². The van der Waals surface area contributed by atoms with Crippen molar-refractivity contribution in [3.05, 3.63) is 12.2 Å². The molecule has 0 spiro atoms. The van der Waals surface area contributed by atoms with E-state index >= 15 is 0 Å². The van der Waals surface area contributed by atoms with Crippen LogP contribution in [-0.4, -0.2) is 25.2 Å². The van der Waals surface area contributed by atoms with Gasteiger partial charge in [-0.25, -0.2) is 0 Å². The number of nitrogens with one attached hydrogen (secondary N) is 1. The maximum absolute atomic E-state index is 12.7. The summed E-state index contributed by atoms with van der Waals surface area (Å²) in [7, 11) is 0. The Labute approximate surface area is 182 Å². The van der Waals surface area contributed by atoms with Crippen LogP contribution < -0.4 is 5.32 Å². The Morgan fingerprint density at radius 1 is 0.900 bits per heavy atom. The first-order valence-corrected chi connectivity index (χ1v) is 12.8. The van der Waals surface area contributed by atoms with E-state index < -0.39 is 0 Å². The third kappa shape index (κ3) is 3.26. The Morgan fingerprint density at radius 3 is 2.43 bits per heavy atom. The van der Waals surface area contributed by atoms with E-state index in [0.717, 1.165) is 51.1 Å². The molecule has 0 bridgehead atoms. The van der Waals surface area contributed by atoms with Crippen LogP contribution in [0.1, 0.15) is 78.1 Å². The highest BCUT2D eigenvalue weighted by Gasteiger charge is 2.62. The molecule has 4 aliphatic carbocycles. The quantitative estimate of drug-likeness (QED) is 0.513. The van der Waals surface area contributed by atoms with Crippen molar-refractivity contribution in [2.45, 2.75) is 78.1 Å².